The molecule has 1 atom stereocenters. The number of alkyl halides is 1. The molecule has 1 unspecified atom stereocenters. The monoisotopic (exact) mass is 278 g/mol. The van der Waals surface area contributed by atoms with Crippen LogP contribution in [0, 0.1) is 5.41 Å². The highest BCUT2D eigenvalue weighted by atomic mass is 35.5. The summed E-state index contributed by atoms with van der Waals surface area (Å²) in [6, 6.07) is 8.44. The van der Waals surface area contributed by atoms with Crippen molar-refractivity contribution in [3.05, 3.63) is 30.0 Å². The number of rotatable bonds is 4. The van der Waals surface area contributed by atoms with E-state index in [-0.39, 0.29) is 10.8 Å². The summed E-state index contributed by atoms with van der Waals surface area (Å²) in [4.78, 5) is 0. The van der Waals surface area contributed by atoms with Crippen molar-refractivity contribution in [1.82, 2.24) is 9.78 Å². The number of fused-ring (bicyclic) bond motifs is 1. The molecule has 0 aliphatic carbocycles. The molecule has 0 fully saturated rings. The fourth-order valence-corrected chi connectivity index (χ4v) is 2.43. The Hall–Kier alpha value is -1.02. The van der Waals surface area contributed by atoms with Crippen LogP contribution in [0.4, 0.5) is 0 Å². The van der Waals surface area contributed by atoms with Crippen molar-refractivity contribution in [3.8, 4) is 0 Å². The van der Waals surface area contributed by atoms with Crippen LogP contribution in [0.3, 0.4) is 0 Å². The van der Waals surface area contributed by atoms with E-state index in [0.29, 0.717) is 0 Å². The molecular formula is C16H23ClN2. The number of nitrogens with zero attached hydrogens (tertiary/aromatic N) is 2. The maximum absolute atomic E-state index is 6.46. The van der Waals surface area contributed by atoms with Crippen molar-refractivity contribution in [2.24, 2.45) is 5.41 Å². The number of benzene rings is 1. The van der Waals surface area contributed by atoms with E-state index in [4.69, 9.17) is 16.7 Å². The third-order valence-electron chi connectivity index (χ3n) is 3.61. The summed E-state index contributed by atoms with van der Waals surface area (Å²) >= 11 is 6.46. The van der Waals surface area contributed by atoms with E-state index >= 15 is 0 Å². The summed E-state index contributed by atoms with van der Waals surface area (Å²) in [5.74, 6) is 0. The smallest absolute Gasteiger partial charge is 0.0703 e. The second-order valence-corrected chi connectivity index (χ2v) is 6.68. The van der Waals surface area contributed by atoms with Gasteiger partial charge in [-0.25, -0.2) is 0 Å². The molecule has 0 saturated carbocycles. The van der Waals surface area contributed by atoms with Crippen molar-refractivity contribution < 1.29 is 0 Å². The molecule has 1 aromatic carbocycles. The first kappa shape index (κ1) is 14.4. The van der Waals surface area contributed by atoms with Crippen LogP contribution in [-0.4, -0.2) is 15.2 Å². The fourth-order valence-electron chi connectivity index (χ4n) is 2.32. The molecular weight excluding hydrogens is 256 g/mol. The number of halogens is 1. The van der Waals surface area contributed by atoms with E-state index in [0.717, 1.165) is 19.4 Å². The van der Waals surface area contributed by atoms with Gasteiger partial charge in [-0.3, -0.25) is 4.68 Å². The minimum Gasteiger partial charge on any atom is -0.265 e. The Morgan fingerprint density at radius 3 is 2.58 bits per heavy atom. The van der Waals surface area contributed by atoms with Gasteiger partial charge in [0, 0.05) is 17.3 Å². The first-order valence-corrected chi connectivity index (χ1v) is 7.45. The van der Waals surface area contributed by atoms with Crippen LogP contribution in [0.15, 0.2) is 24.3 Å². The van der Waals surface area contributed by atoms with Gasteiger partial charge < -0.3 is 0 Å². The van der Waals surface area contributed by atoms with Crippen LogP contribution in [0.2, 0.25) is 0 Å². The van der Waals surface area contributed by atoms with Gasteiger partial charge in [0.2, 0.25) is 0 Å². The summed E-state index contributed by atoms with van der Waals surface area (Å²) in [5.41, 5.74) is 2.54. The van der Waals surface area contributed by atoms with Crippen molar-refractivity contribution in [1.29, 1.82) is 0 Å². The van der Waals surface area contributed by atoms with Crippen molar-refractivity contribution >= 4 is 22.5 Å². The lowest BCUT2D eigenvalue weighted by atomic mass is 9.88. The number of para-hydroxylation sites is 1. The maximum Gasteiger partial charge on any atom is 0.0703 e. The quantitative estimate of drug-likeness (QED) is 0.745. The fraction of sp³-hybridized carbons (Fsp3) is 0.562. The summed E-state index contributed by atoms with van der Waals surface area (Å²) in [6.07, 6.45) is 1.91. The van der Waals surface area contributed by atoms with Crippen LogP contribution in [0.1, 0.15) is 39.8 Å². The normalized spacial score (nSPS) is 13.9. The van der Waals surface area contributed by atoms with E-state index < -0.39 is 0 Å². The molecule has 1 aromatic heterocycles. The topological polar surface area (TPSA) is 17.8 Å². The molecule has 2 nitrogen and oxygen atoms in total. The molecule has 0 aliphatic heterocycles. The van der Waals surface area contributed by atoms with Gasteiger partial charge in [-0.1, -0.05) is 39.0 Å². The lowest BCUT2D eigenvalue weighted by molar-refractivity contribution is 0.373. The van der Waals surface area contributed by atoms with E-state index in [2.05, 4.69) is 56.6 Å². The van der Waals surface area contributed by atoms with Crippen molar-refractivity contribution in [3.63, 3.8) is 0 Å². The van der Waals surface area contributed by atoms with E-state index in [9.17, 15) is 0 Å². The zero-order valence-corrected chi connectivity index (χ0v) is 13.0. The summed E-state index contributed by atoms with van der Waals surface area (Å²) in [7, 11) is 0. The van der Waals surface area contributed by atoms with Crippen molar-refractivity contribution in [2.45, 2.75) is 52.5 Å². The summed E-state index contributed by atoms with van der Waals surface area (Å²) < 4.78 is 2.07. The highest BCUT2D eigenvalue weighted by Crippen LogP contribution is 2.29. The van der Waals surface area contributed by atoms with Gasteiger partial charge in [-0.05, 0) is 31.2 Å². The van der Waals surface area contributed by atoms with Crippen LogP contribution in [0.25, 0.3) is 10.9 Å². The molecule has 0 aliphatic rings. The second-order valence-electron chi connectivity index (χ2n) is 6.15. The Morgan fingerprint density at radius 2 is 1.95 bits per heavy atom. The third kappa shape index (κ3) is 3.11. The third-order valence-corrected chi connectivity index (χ3v) is 4.48. The largest absolute Gasteiger partial charge is 0.265 e. The molecule has 0 amide bonds. The van der Waals surface area contributed by atoms with Gasteiger partial charge in [-0.2, -0.15) is 5.10 Å². The Morgan fingerprint density at radius 1 is 1.26 bits per heavy atom. The minimum absolute atomic E-state index is 0.144. The van der Waals surface area contributed by atoms with Crippen LogP contribution < -0.4 is 0 Å². The lowest BCUT2D eigenvalue weighted by Crippen LogP contribution is -2.21. The van der Waals surface area contributed by atoms with Gasteiger partial charge in [0.25, 0.3) is 0 Å². The van der Waals surface area contributed by atoms with Crippen LogP contribution >= 0.6 is 11.6 Å². The molecule has 0 saturated heterocycles. The number of hydrogen-bond acceptors (Lipinski definition) is 1. The Bertz CT molecular complexity index is 551. The average molecular weight is 279 g/mol. The Labute approximate surface area is 120 Å². The molecule has 104 valence electrons. The molecule has 2 aromatic rings. The molecule has 3 heteroatoms. The molecule has 2 rings (SSSR count). The molecule has 0 radical (unpaired) electrons. The minimum atomic E-state index is 0.144. The zero-order valence-electron chi connectivity index (χ0n) is 12.3. The van der Waals surface area contributed by atoms with Crippen molar-refractivity contribution in [2.75, 3.05) is 0 Å². The van der Waals surface area contributed by atoms with E-state index in [1.165, 1.54) is 16.6 Å². The molecule has 0 bridgehead atoms. The highest BCUT2D eigenvalue weighted by molar-refractivity contribution is 6.21. The Kier molecular flexibility index (Phi) is 4.19. The zero-order chi connectivity index (χ0) is 14.0. The Balaban J connectivity index is 2.22. The lowest BCUT2D eigenvalue weighted by Gasteiger charge is -2.24. The summed E-state index contributed by atoms with van der Waals surface area (Å²) in [6.45, 7) is 9.60. The molecule has 1 heterocycles. The first-order chi connectivity index (χ1) is 8.93. The highest BCUT2D eigenvalue weighted by Gasteiger charge is 2.22. The van der Waals surface area contributed by atoms with Gasteiger partial charge in [-0.15, -0.1) is 11.6 Å². The predicted octanol–water partition coefficient (Wildman–Crippen LogP) is 4.64. The number of aryl methyl sites for hydroxylation is 2. The number of hydrogen-bond donors (Lipinski definition) is 0. The molecule has 0 N–H and O–H groups in total. The predicted molar refractivity (Wildman–Crippen MR) is 82.8 cm³/mol. The SMILES string of the molecule is CCn1nc(CCC(Cl)C(C)(C)C)c2ccccc21. The van der Waals surface area contributed by atoms with Gasteiger partial charge in [0.15, 0.2) is 0 Å². The average Bonchev–Trinajstić information content (AvgIpc) is 2.73. The summed E-state index contributed by atoms with van der Waals surface area (Å²) in [5, 5.41) is 6.16. The second kappa shape index (κ2) is 5.54. The van der Waals surface area contributed by atoms with Gasteiger partial charge in [0.05, 0.1) is 11.2 Å². The molecule has 0 spiro atoms. The maximum atomic E-state index is 6.46. The first-order valence-electron chi connectivity index (χ1n) is 7.02. The van der Waals surface area contributed by atoms with E-state index in [1.807, 2.05) is 0 Å². The number of aromatic nitrogens is 2. The van der Waals surface area contributed by atoms with E-state index in [1.54, 1.807) is 0 Å². The van der Waals surface area contributed by atoms with Gasteiger partial charge >= 0.3 is 0 Å². The van der Waals surface area contributed by atoms with Crippen LogP contribution in [0.5, 0.6) is 0 Å². The standard InChI is InChI=1S/C16H23ClN2/c1-5-19-14-9-7-6-8-12(14)13(18-19)10-11-15(17)16(2,3)4/h6-9,15H,5,10-11H2,1-4H3. The van der Waals surface area contributed by atoms with Crippen LogP contribution in [-0.2, 0) is 13.0 Å². The van der Waals surface area contributed by atoms with Gasteiger partial charge in [0.1, 0.15) is 0 Å². The molecule has 19 heavy (non-hydrogen) atoms.